The molecule has 3 amide bonds. The summed E-state index contributed by atoms with van der Waals surface area (Å²) >= 11 is 1.65. The lowest BCUT2D eigenvalue weighted by atomic mass is 9.70. The summed E-state index contributed by atoms with van der Waals surface area (Å²) in [5, 5.41) is 10.7. The Morgan fingerprint density at radius 2 is 1.53 bits per heavy atom. The first-order valence-electron chi connectivity index (χ1n) is 17.1. The van der Waals surface area contributed by atoms with Gasteiger partial charge in [0.25, 0.3) is 5.91 Å². The highest BCUT2D eigenvalue weighted by molar-refractivity contribution is 8.02. The normalized spacial score (nSPS) is 25.6. The summed E-state index contributed by atoms with van der Waals surface area (Å²) < 4.78 is -0.781. The second-order valence-electron chi connectivity index (χ2n) is 12.9. The number of para-hydroxylation sites is 1. The monoisotopic (exact) mass is 658 g/mol. The summed E-state index contributed by atoms with van der Waals surface area (Å²) in [5.74, 6) is -1.80. The molecule has 0 aromatic heterocycles. The van der Waals surface area contributed by atoms with E-state index in [9.17, 15) is 14.7 Å². The van der Waals surface area contributed by atoms with Gasteiger partial charge in [0.05, 0.1) is 29.2 Å². The van der Waals surface area contributed by atoms with Crippen molar-refractivity contribution in [1.29, 1.82) is 0 Å². The van der Waals surface area contributed by atoms with Crippen LogP contribution in [0.3, 0.4) is 0 Å². The van der Waals surface area contributed by atoms with E-state index in [4.69, 9.17) is 0 Å². The first-order valence-corrected chi connectivity index (χ1v) is 18.0. The number of anilines is 3. The lowest BCUT2D eigenvalue weighted by Crippen LogP contribution is -2.58. The zero-order valence-electron chi connectivity index (χ0n) is 28.3. The van der Waals surface area contributed by atoms with Gasteiger partial charge < -0.3 is 24.7 Å². The van der Waals surface area contributed by atoms with E-state index < -0.39 is 28.7 Å². The lowest BCUT2D eigenvalue weighted by molar-refractivity contribution is -0.143. The second kappa shape index (κ2) is 14.7. The molecule has 0 saturated carbocycles. The largest absolute Gasteiger partial charge is 0.394 e. The van der Waals surface area contributed by atoms with Gasteiger partial charge in [-0.3, -0.25) is 14.4 Å². The molecule has 2 aromatic rings. The molecule has 3 saturated heterocycles. The zero-order valence-corrected chi connectivity index (χ0v) is 29.1. The number of likely N-dealkylation sites (tertiary alicyclic amines) is 1. The number of carbonyl (C=O) groups excluding carboxylic acids is 3. The van der Waals surface area contributed by atoms with Gasteiger partial charge in [0.2, 0.25) is 11.8 Å². The molecule has 3 heterocycles. The minimum absolute atomic E-state index is 0.0476. The van der Waals surface area contributed by atoms with Crippen molar-refractivity contribution in [2.24, 2.45) is 17.8 Å². The molecule has 9 heteroatoms. The van der Waals surface area contributed by atoms with Gasteiger partial charge in [0.15, 0.2) is 0 Å². The van der Waals surface area contributed by atoms with E-state index in [-0.39, 0.29) is 42.0 Å². The van der Waals surface area contributed by atoms with Gasteiger partial charge in [-0.15, -0.1) is 24.9 Å². The number of aliphatic hydroxyl groups is 1. The van der Waals surface area contributed by atoms with Crippen molar-refractivity contribution in [3.8, 4) is 0 Å². The molecule has 0 aliphatic carbocycles. The summed E-state index contributed by atoms with van der Waals surface area (Å²) in [4.78, 5) is 51.9. The van der Waals surface area contributed by atoms with Crippen LogP contribution in [0, 0.1) is 17.8 Å². The fourth-order valence-electron chi connectivity index (χ4n) is 8.09. The lowest BCUT2D eigenvalue weighted by Gasteiger charge is -2.41. The highest BCUT2D eigenvalue weighted by Gasteiger charge is 2.75. The van der Waals surface area contributed by atoms with Crippen LogP contribution in [0.15, 0.2) is 79.9 Å². The van der Waals surface area contributed by atoms with Gasteiger partial charge in [-0.05, 0) is 69.0 Å². The average molecular weight is 659 g/mol. The minimum atomic E-state index is -0.828. The first kappa shape index (κ1) is 34.8. The predicted octanol–water partition coefficient (Wildman–Crippen LogP) is 5.77. The Hall–Kier alpha value is -3.56. The van der Waals surface area contributed by atoms with Crippen molar-refractivity contribution in [3.05, 3.63) is 79.9 Å². The van der Waals surface area contributed by atoms with Gasteiger partial charge in [0.1, 0.15) is 6.04 Å². The van der Waals surface area contributed by atoms with Crippen molar-refractivity contribution in [3.63, 3.8) is 0 Å². The van der Waals surface area contributed by atoms with Crippen LogP contribution in [0.25, 0.3) is 0 Å². The number of aliphatic hydroxyl groups excluding tert-OH is 1. The molecule has 0 radical (unpaired) electrons. The van der Waals surface area contributed by atoms with E-state index in [1.807, 2.05) is 68.4 Å². The molecule has 252 valence electrons. The minimum Gasteiger partial charge on any atom is -0.394 e. The smallest absolute Gasteiger partial charge is 0.251 e. The van der Waals surface area contributed by atoms with Crippen molar-refractivity contribution < 1.29 is 19.5 Å². The molecule has 2 aromatic carbocycles. The number of fused-ring (bicyclic) bond motifs is 1. The van der Waals surface area contributed by atoms with Crippen molar-refractivity contribution >= 4 is 46.5 Å². The third-order valence-electron chi connectivity index (χ3n) is 10.6. The molecule has 3 fully saturated rings. The highest BCUT2D eigenvalue weighted by Crippen LogP contribution is 2.67. The zero-order chi connectivity index (χ0) is 33.9. The standard InChI is InChI=1S/C38H50N4O4S/c1-7-23-40(28-15-13-12-14-16-28)35(44)32-31-21-22-38(47-31)33(32)36(45)42(30(25-43)26(6)9-3)34(38)37(46)41(24-8-2)29-19-17-27(18-20-29)39(10-4)11-5/h7-8,12-20,26,30-34,43H,1-2,9-11,21-25H2,3-6H3/t26-,30-,31+,32-,33-,34?,38?/m0/s1. The predicted molar refractivity (Wildman–Crippen MR) is 193 cm³/mol. The number of thioether (sulfide) groups is 1. The fraction of sp³-hybridized carbons (Fsp3) is 0.500. The third-order valence-corrected chi connectivity index (χ3v) is 12.6. The first-order chi connectivity index (χ1) is 22.7. The van der Waals surface area contributed by atoms with Crippen LogP contribution in [-0.4, -0.2) is 82.6 Å². The van der Waals surface area contributed by atoms with E-state index in [2.05, 4.69) is 31.9 Å². The van der Waals surface area contributed by atoms with E-state index in [1.54, 1.807) is 38.6 Å². The molecule has 7 atom stereocenters. The number of nitrogens with zero attached hydrogens (tertiary/aromatic N) is 4. The van der Waals surface area contributed by atoms with Crippen LogP contribution < -0.4 is 14.7 Å². The molecular formula is C38H50N4O4S. The Morgan fingerprint density at radius 3 is 2.09 bits per heavy atom. The molecule has 2 bridgehead atoms. The number of hydrogen-bond acceptors (Lipinski definition) is 6. The Balaban J connectivity index is 1.59. The maximum Gasteiger partial charge on any atom is 0.251 e. The van der Waals surface area contributed by atoms with E-state index >= 15 is 4.79 Å². The van der Waals surface area contributed by atoms with Gasteiger partial charge >= 0.3 is 0 Å². The van der Waals surface area contributed by atoms with Crippen molar-refractivity contribution in [1.82, 2.24) is 4.90 Å². The Morgan fingerprint density at radius 1 is 0.957 bits per heavy atom. The number of amides is 3. The highest BCUT2D eigenvalue weighted by atomic mass is 32.2. The SMILES string of the molecule is C=CCN(C(=O)C1N([C@@H](CO)[C@@H](C)CC)C(=O)[C@@H]2[C@@H](C(=O)N(CC=C)c3ccccc3)[C@H]3CCC12S3)c1ccc(N(CC)CC)cc1. The number of carbonyl (C=O) groups is 3. The number of hydrogen-bond donors (Lipinski definition) is 1. The molecule has 3 aliphatic rings. The quantitative estimate of drug-likeness (QED) is 0.245. The number of benzene rings is 2. The van der Waals surface area contributed by atoms with Crippen LogP contribution in [-0.2, 0) is 14.4 Å². The fourth-order valence-corrected chi connectivity index (χ4v) is 10.3. The molecule has 8 nitrogen and oxygen atoms in total. The Kier molecular flexibility index (Phi) is 10.9. The van der Waals surface area contributed by atoms with Gasteiger partial charge in [0, 0.05) is 48.5 Å². The van der Waals surface area contributed by atoms with Crippen molar-refractivity contribution in [2.45, 2.75) is 69.0 Å². The van der Waals surface area contributed by atoms with Gasteiger partial charge in [-0.1, -0.05) is 50.6 Å². The van der Waals surface area contributed by atoms with Crippen LogP contribution in [0.1, 0.15) is 47.0 Å². The molecule has 5 rings (SSSR count). The summed E-state index contributed by atoms with van der Waals surface area (Å²) in [6.45, 7) is 18.2. The van der Waals surface area contributed by atoms with Gasteiger partial charge in [-0.2, -0.15) is 0 Å². The van der Waals surface area contributed by atoms with E-state index in [1.165, 1.54) is 0 Å². The van der Waals surface area contributed by atoms with Crippen LogP contribution in [0.2, 0.25) is 0 Å². The van der Waals surface area contributed by atoms with E-state index in [0.717, 1.165) is 43.0 Å². The molecule has 1 N–H and O–H groups in total. The second-order valence-corrected chi connectivity index (χ2v) is 14.5. The van der Waals surface area contributed by atoms with Crippen molar-refractivity contribution in [2.75, 3.05) is 47.5 Å². The molecular weight excluding hydrogens is 609 g/mol. The molecule has 3 aliphatic heterocycles. The molecule has 2 unspecified atom stereocenters. The Bertz CT molecular complexity index is 1450. The van der Waals surface area contributed by atoms with Crippen LogP contribution in [0.5, 0.6) is 0 Å². The summed E-state index contributed by atoms with van der Waals surface area (Å²) in [5.41, 5.74) is 2.56. The number of rotatable bonds is 15. The average Bonchev–Trinajstić information content (AvgIpc) is 3.74. The summed E-state index contributed by atoms with van der Waals surface area (Å²) in [6.07, 6.45) is 5.55. The van der Waals surface area contributed by atoms with Crippen LogP contribution >= 0.6 is 11.8 Å². The van der Waals surface area contributed by atoms with Gasteiger partial charge in [-0.25, -0.2) is 0 Å². The third kappa shape index (κ3) is 6.01. The molecule has 47 heavy (non-hydrogen) atoms. The summed E-state index contributed by atoms with van der Waals surface area (Å²) in [6, 6.07) is 16.1. The maximum atomic E-state index is 15.1. The van der Waals surface area contributed by atoms with E-state index in [0.29, 0.717) is 13.0 Å². The Labute approximate surface area is 284 Å². The maximum absolute atomic E-state index is 15.1. The topological polar surface area (TPSA) is 84.4 Å². The summed E-state index contributed by atoms with van der Waals surface area (Å²) in [7, 11) is 0. The van der Waals surface area contributed by atoms with Crippen LogP contribution in [0.4, 0.5) is 17.1 Å². The molecule has 1 spiro atoms.